The molecule has 0 bridgehead atoms. The van der Waals surface area contributed by atoms with Crippen molar-refractivity contribution in [2.24, 2.45) is 5.92 Å². The van der Waals surface area contributed by atoms with E-state index in [0.717, 1.165) is 0 Å². The van der Waals surface area contributed by atoms with Crippen LogP contribution in [0.3, 0.4) is 0 Å². The van der Waals surface area contributed by atoms with Crippen LogP contribution in [0.1, 0.15) is 82.1 Å². The Bertz CT molecular complexity index is 1110. The van der Waals surface area contributed by atoms with Gasteiger partial charge in [0.05, 0.1) is 68.7 Å². The van der Waals surface area contributed by atoms with Crippen LogP contribution in [0.4, 0.5) is 0 Å². The molecule has 10 atom stereocenters. The van der Waals surface area contributed by atoms with Gasteiger partial charge in [-0.05, 0) is 73.0 Å². The van der Waals surface area contributed by atoms with E-state index in [-0.39, 0.29) is 79.1 Å². The summed E-state index contributed by atoms with van der Waals surface area (Å²) in [6.07, 6.45) is 3.01. The Balaban J connectivity index is 2.38. The highest BCUT2D eigenvalue weighted by molar-refractivity contribution is 7.62. The zero-order valence-corrected chi connectivity index (χ0v) is 34.6. The number of hydrogen-bond donors (Lipinski definition) is 2. The SMILES string of the molecule is C=P(NC[C@H]1O[C@@H](C)[C@@H](C)C1OP(OCCC#N)N(C(C)C)C(C)C)(OCCC#N)O[C@@H]1C(O[Si](C)(C)C(C)(C)C)[C@H](C)O[C@@H]1CNC. The first-order chi connectivity index (χ1) is 22.3. The van der Waals surface area contributed by atoms with Gasteiger partial charge in [-0.1, -0.05) is 27.7 Å². The number of hydrogen-bond acceptors (Lipinski definition) is 12. The Hall–Kier alpha value is -0.473. The minimum absolute atomic E-state index is 0.00272. The minimum Gasteiger partial charge on any atom is -0.409 e. The van der Waals surface area contributed by atoms with Gasteiger partial charge in [0.1, 0.15) is 12.2 Å². The van der Waals surface area contributed by atoms with Crippen LogP contribution in [0.15, 0.2) is 0 Å². The van der Waals surface area contributed by atoms with E-state index in [1.807, 2.05) is 14.0 Å². The number of nitriles is 2. The molecule has 2 saturated heterocycles. The highest BCUT2D eigenvalue weighted by Gasteiger charge is 2.51. The first-order valence-electron chi connectivity index (χ1n) is 17.4. The van der Waals surface area contributed by atoms with E-state index in [1.54, 1.807) is 0 Å². The van der Waals surface area contributed by atoms with Crippen LogP contribution >= 0.6 is 16.0 Å². The smallest absolute Gasteiger partial charge is 0.259 e. The Morgan fingerprint density at radius 3 is 2.02 bits per heavy atom. The first kappa shape index (κ1) is 43.7. The van der Waals surface area contributed by atoms with Crippen LogP contribution in [-0.4, -0.2) is 107 Å². The standard InChI is InChI=1S/C33H65N5O7P2Si/c1-23(2)38(24(3)4)46(39-19-15-17-34)43-30-25(5)26(6)41-29(30)22-37-47(12,40-20-16-18-35)44-32-28(21-36-11)42-27(7)31(32)45-48(13,14)33(8,9)10/h23-32,36-37H,12,15-16,19-22H2,1-11,13-14H3/t25-,26+,27+,28-,29-,30?,31?,32+,46?,47?/m1/s1. The van der Waals surface area contributed by atoms with E-state index < -0.39 is 30.4 Å². The molecule has 2 fully saturated rings. The van der Waals surface area contributed by atoms with Gasteiger partial charge in [0.25, 0.3) is 8.53 Å². The normalized spacial score (nSPS) is 30.1. The summed E-state index contributed by atoms with van der Waals surface area (Å²) in [5, 5.41) is 25.2. The zero-order valence-electron chi connectivity index (χ0n) is 31.8. The van der Waals surface area contributed by atoms with Gasteiger partial charge in [0.2, 0.25) is 0 Å². The third-order valence-electron chi connectivity index (χ3n) is 9.41. The maximum Gasteiger partial charge on any atom is 0.259 e. The van der Waals surface area contributed by atoms with Gasteiger partial charge in [0, 0.05) is 31.1 Å². The number of nitrogens with one attached hydrogen (secondary N) is 2. The van der Waals surface area contributed by atoms with Crippen LogP contribution in [0.5, 0.6) is 0 Å². The Morgan fingerprint density at radius 1 is 0.917 bits per heavy atom. The third-order valence-corrected chi connectivity index (χ3v) is 17.9. The Labute approximate surface area is 294 Å². The van der Waals surface area contributed by atoms with Crippen LogP contribution in [0.2, 0.25) is 18.1 Å². The summed E-state index contributed by atoms with van der Waals surface area (Å²) >= 11 is 0. The minimum atomic E-state index is -3.04. The number of nitrogens with zero attached hydrogens (tertiary/aromatic N) is 3. The fourth-order valence-corrected chi connectivity index (χ4v) is 10.6. The van der Waals surface area contributed by atoms with Crippen molar-refractivity contribution < 1.29 is 32.0 Å². The molecule has 2 aliphatic rings. The second kappa shape index (κ2) is 19.4. The Kier molecular flexibility index (Phi) is 17.6. The van der Waals surface area contributed by atoms with Gasteiger partial charge in [0.15, 0.2) is 15.8 Å². The zero-order chi connectivity index (χ0) is 36.4. The van der Waals surface area contributed by atoms with Crippen molar-refractivity contribution >= 4 is 30.6 Å². The number of likely N-dealkylation sites (N-methyl/N-ethyl adjacent to an activating group) is 1. The van der Waals surface area contributed by atoms with E-state index in [1.165, 1.54) is 0 Å². The second-order valence-corrected chi connectivity index (χ2v) is 23.3. The molecule has 0 saturated carbocycles. The molecule has 0 aliphatic carbocycles. The van der Waals surface area contributed by atoms with Crippen molar-refractivity contribution in [1.82, 2.24) is 15.1 Å². The molecule has 0 spiro atoms. The monoisotopic (exact) mass is 733 g/mol. The van der Waals surface area contributed by atoms with E-state index in [4.69, 9.17) is 37.3 Å². The maximum absolute atomic E-state index is 9.31. The van der Waals surface area contributed by atoms with Crippen molar-refractivity contribution in [1.29, 1.82) is 10.5 Å². The molecule has 12 nitrogen and oxygen atoms in total. The summed E-state index contributed by atoms with van der Waals surface area (Å²) in [5.74, 6) is 0.0759. The summed E-state index contributed by atoms with van der Waals surface area (Å²) < 4.78 is 48.3. The quantitative estimate of drug-likeness (QED) is 0.0795. The molecule has 2 aliphatic heterocycles. The summed E-state index contributed by atoms with van der Waals surface area (Å²) in [7, 11) is -4.81. The van der Waals surface area contributed by atoms with Crippen molar-refractivity contribution in [3.05, 3.63) is 0 Å². The van der Waals surface area contributed by atoms with Gasteiger partial charge >= 0.3 is 0 Å². The summed E-state index contributed by atoms with van der Waals surface area (Å²) in [5.41, 5.74) is 0. The molecule has 2 N–H and O–H groups in total. The molecule has 0 aromatic carbocycles. The highest BCUT2D eigenvalue weighted by Crippen LogP contribution is 2.52. The molecule has 4 unspecified atom stereocenters. The van der Waals surface area contributed by atoms with Crippen molar-refractivity contribution in [3.63, 3.8) is 0 Å². The lowest BCUT2D eigenvalue weighted by molar-refractivity contribution is 0.0162. The largest absolute Gasteiger partial charge is 0.409 e. The van der Waals surface area contributed by atoms with Gasteiger partial charge in [-0.25, -0.2) is 4.67 Å². The molecule has 48 heavy (non-hydrogen) atoms. The van der Waals surface area contributed by atoms with Crippen LogP contribution < -0.4 is 10.4 Å². The maximum atomic E-state index is 9.31. The average Bonchev–Trinajstić information content (AvgIpc) is 3.40. The highest BCUT2D eigenvalue weighted by atomic mass is 31.2. The number of ether oxygens (including phenoxy) is 2. The molecular weight excluding hydrogens is 668 g/mol. The van der Waals surface area contributed by atoms with Gasteiger partial charge < -0.3 is 37.3 Å². The van der Waals surface area contributed by atoms with Crippen LogP contribution in [-0.2, 0) is 32.0 Å². The van der Waals surface area contributed by atoms with E-state index in [0.29, 0.717) is 19.7 Å². The fourth-order valence-electron chi connectivity index (χ4n) is 5.67. The second-order valence-electron chi connectivity index (χ2n) is 15.0. The molecular formula is C33H65N5O7P2Si. The topological polar surface area (TPSA) is 139 Å². The van der Waals surface area contributed by atoms with Crippen molar-refractivity contribution in [2.45, 2.75) is 155 Å². The molecule has 0 amide bonds. The summed E-state index contributed by atoms with van der Waals surface area (Å²) in [6.45, 7) is 27.2. The van der Waals surface area contributed by atoms with Gasteiger partial charge in [-0.2, -0.15) is 10.5 Å². The van der Waals surface area contributed by atoms with Crippen LogP contribution in [0.25, 0.3) is 0 Å². The fraction of sp³-hybridized carbons (Fsp3) is 0.909. The lowest BCUT2D eigenvalue weighted by atomic mass is 10.00. The first-order valence-corrected chi connectivity index (χ1v) is 23.2. The van der Waals surface area contributed by atoms with Crippen LogP contribution in [0, 0.1) is 28.6 Å². The molecule has 0 aromatic rings. The number of rotatable bonds is 20. The molecule has 0 radical (unpaired) electrons. The van der Waals surface area contributed by atoms with E-state index in [9.17, 15) is 5.26 Å². The molecule has 278 valence electrons. The summed E-state index contributed by atoms with van der Waals surface area (Å²) in [6, 6.07) is 4.68. The molecule has 2 rings (SSSR count). The Morgan fingerprint density at radius 2 is 1.48 bits per heavy atom. The lowest BCUT2D eigenvalue weighted by Gasteiger charge is -2.41. The average molecular weight is 734 g/mol. The molecule has 15 heteroatoms. The predicted molar refractivity (Wildman–Crippen MR) is 197 cm³/mol. The molecule has 2 heterocycles. The van der Waals surface area contributed by atoms with Gasteiger partial charge in [-0.15, -0.1) is 0 Å². The van der Waals surface area contributed by atoms with E-state index in [2.05, 4.69) is 109 Å². The summed E-state index contributed by atoms with van der Waals surface area (Å²) in [4.78, 5) is 0. The predicted octanol–water partition coefficient (Wildman–Crippen LogP) is 6.57. The van der Waals surface area contributed by atoms with E-state index >= 15 is 0 Å². The van der Waals surface area contributed by atoms with Crippen molar-refractivity contribution in [3.8, 4) is 12.1 Å². The third kappa shape index (κ3) is 12.1. The molecule has 0 aromatic heterocycles. The van der Waals surface area contributed by atoms with Crippen molar-refractivity contribution in [2.75, 3.05) is 33.4 Å². The van der Waals surface area contributed by atoms with Gasteiger partial charge in [-0.3, -0.25) is 5.09 Å². The lowest BCUT2D eigenvalue weighted by Crippen LogP contribution is -2.50.